The van der Waals surface area contributed by atoms with Crippen LogP contribution in [-0.2, 0) is 11.3 Å². The Bertz CT molecular complexity index is 533. The summed E-state index contributed by atoms with van der Waals surface area (Å²) in [7, 11) is 0. The Labute approximate surface area is 119 Å². The first-order chi connectivity index (χ1) is 9.45. The molecule has 1 fully saturated rings. The Balaban J connectivity index is 2.14. The molecule has 0 saturated carbocycles. The predicted octanol–water partition coefficient (Wildman–Crippen LogP) is 1.26. The number of hydrogen-bond donors (Lipinski definition) is 1. The van der Waals surface area contributed by atoms with Gasteiger partial charge in [0.1, 0.15) is 0 Å². The van der Waals surface area contributed by atoms with Gasteiger partial charge in [0, 0.05) is 23.5 Å². The summed E-state index contributed by atoms with van der Waals surface area (Å²) in [6.45, 7) is 7.96. The minimum atomic E-state index is -0.325. The Morgan fingerprint density at radius 1 is 1.40 bits per heavy atom. The van der Waals surface area contributed by atoms with Crippen molar-refractivity contribution in [1.82, 2.24) is 9.47 Å². The van der Waals surface area contributed by atoms with Gasteiger partial charge in [0.25, 0.3) is 0 Å². The molecule has 20 heavy (non-hydrogen) atoms. The maximum atomic E-state index is 12.5. The highest BCUT2D eigenvalue weighted by Gasteiger charge is 2.31. The number of nitrogens with zero attached hydrogens (tertiary/aromatic N) is 2. The molecule has 5 heteroatoms. The highest BCUT2D eigenvalue weighted by Crippen LogP contribution is 2.20. The summed E-state index contributed by atoms with van der Waals surface area (Å²) < 4.78 is 2.13. The van der Waals surface area contributed by atoms with Crippen LogP contribution in [0, 0.1) is 13.8 Å². The first-order valence-corrected chi connectivity index (χ1v) is 7.19. The van der Waals surface area contributed by atoms with Gasteiger partial charge in [-0.3, -0.25) is 14.5 Å². The molecule has 0 aromatic carbocycles. The fraction of sp³-hybridized carbons (Fsp3) is 0.600. The van der Waals surface area contributed by atoms with Crippen molar-refractivity contribution in [3.05, 3.63) is 23.0 Å². The number of ketones is 1. The van der Waals surface area contributed by atoms with Crippen LogP contribution in [0.3, 0.4) is 0 Å². The third kappa shape index (κ3) is 2.63. The predicted molar refractivity (Wildman–Crippen MR) is 77.7 cm³/mol. The number of Topliss-reactive ketones (excluding diaryl/α,β-unsaturated/α-hetero) is 1. The molecule has 1 aromatic rings. The van der Waals surface area contributed by atoms with Gasteiger partial charge in [-0.25, -0.2) is 0 Å². The monoisotopic (exact) mass is 277 g/mol. The number of nitrogens with two attached hydrogens (primary N) is 1. The number of amides is 1. The molecule has 5 nitrogen and oxygen atoms in total. The van der Waals surface area contributed by atoms with Crippen LogP contribution in [-0.4, -0.2) is 40.3 Å². The molecule has 110 valence electrons. The number of carbonyl (C=O) groups is 2. The molecule has 1 aliphatic heterocycles. The summed E-state index contributed by atoms with van der Waals surface area (Å²) in [4.78, 5) is 25.7. The number of carbonyl (C=O) groups excluding carboxylic acids is 2. The molecule has 2 N–H and O–H groups in total. The van der Waals surface area contributed by atoms with Crippen molar-refractivity contribution in [1.29, 1.82) is 0 Å². The molecule has 1 saturated heterocycles. The van der Waals surface area contributed by atoms with Crippen molar-refractivity contribution >= 4 is 11.7 Å². The van der Waals surface area contributed by atoms with E-state index in [9.17, 15) is 9.59 Å². The molecule has 2 heterocycles. The van der Waals surface area contributed by atoms with Crippen LogP contribution in [0.25, 0.3) is 0 Å². The number of primary amides is 1. The van der Waals surface area contributed by atoms with Gasteiger partial charge in [0.05, 0.1) is 12.6 Å². The van der Waals surface area contributed by atoms with E-state index in [1.165, 1.54) is 0 Å². The van der Waals surface area contributed by atoms with Crippen molar-refractivity contribution in [2.45, 2.75) is 46.2 Å². The maximum Gasteiger partial charge on any atom is 0.234 e. The van der Waals surface area contributed by atoms with Crippen LogP contribution in [0.4, 0.5) is 0 Å². The summed E-state index contributed by atoms with van der Waals surface area (Å²) in [5.41, 5.74) is 8.25. The van der Waals surface area contributed by atoms with Crippen molar-refractivity contribution in [3.63, 3.8) is 0 Å². The summed E-state index contributed by atoms with van der Waals surface area (Å²) in [5, 5.41) is 0. The topological polar surface area (TPSA) is 68.3 Å². The quantitative estimate of drug-likeness (QED) is 0.824. The van der Waals surface area contributed by atoms with Crippen LogP contribution in [0.1, 0.15) is 41.5 Å². The lowest BCUT2D eigenvalue weighted by atomic mass is 10.1. The molecule has 0 bridgehead atoms. The SMILES string of the molecule is CCn1c(C)cc(C(=O)CN2CCCC2C(N)=O)c1C. The lowest BCUT2D eigenvalue weighted by Crippen LogP contribution is -2.42. The minimum absolute atomic E-state index is 0.0750. The second kappa shape index (κ2) is 5.79. The number of likely N-dealkylation sites (tertiary alicyclic amines) is 1. The van der Waals surface area contributed by atoms with Crippen molar-refractivity contribution < 1.29 is 9.59 Å². The van der Waals surface area contributed by atoms with E-state index in [-0.39, 0.29) is 24.3 Å². The standard InChI is InChI=1S/C15H23N3O2/c1-4-18-10(2)8-12(11(18)3)14(19)9-17-7-5-6-13(17)15(16)20/h8,13H,4-7,9H2,1-3H3,(H2,16,20). The Morgan fingerprint density at radius 3 is 2.65 bits per heavy atom. The van der Waals surface area contributed by atoms with Crippen LogP contribution in [0.2, 0.25) is 0 Å². The molecular formula is C15H23N3O2. The fourth-order valence-corrected chi connectivity index (χ4v) is 3.18. The molecular weight excluding hydrogens is 254 g/mol. The lowest BCUT2D eigenvalue weighted by molar-refractivity contribution is -0.122. The third-order valence-corrected chi connectivity index (χ3v) is 4.23. The molecule has 0 aliphatic carbocycles. The smallest absolute Gasteiger partial charge is 0.234 e. The highest BCUT2D eigenvalue weighted by atomic mass is 16.1. The lowest BCUT2D eigenvalue weighted by Gasteiger charge is -2.20. The minimum Gasteiger partial charge on any atom is -0.368 e. The molecule has 1 aliphatic rings. The van der Waals surface area contributed by atoms with E-state index in [0.29, 0.717) is 0 Å². The maximum absolute atomic E-state index is 12.5. The van der Waals surface area contributed by atoms with E-state index < -0.39 is 0 Å². The zero-order chi connectivity index (χ0) is 14.9. The first-order valence-electron chi connectivity index (χ1n) is 7.19. The number of hydrogen-bond acceptors (Lipinski definition) is 3. The Morgan fingerprint density at radius 2 is 2.10 bits per heavy atom. The molecule has 2 rings (SSSR count). The molecule has 1 unspecified atom stereocenters. The van der Waals surface area contributed by atoms with Gasteiger partial charge in [-0.15, -0.1) is 0 Å². The largest absolute Gasteiger partial charge is 0.368 e. The summed E-state index contributed by atoms with van der Waals surface area (Å²) in [6.07, 6.45) is 1.69. The van der Waals surface area contributed by atoms with Gasteiger partial charge in [-0.2, -0.15) is 0 Å². The van der Waals surface area contributed by atoms with E-state index in [4.69, 9.17) is 5.73 Å². The normalized spacial score (nSPS) is 19.4. The number of rotatable bonds is 5. The van der Waals surface area contributed by atoms with Gasteiger partial charge in [-0.1, -0.05) is 0 Å². The zero-order valence-electron chi connectivity index (χ0n) is 12.5. The third-order valence-electron chi connectivity index (χ3n) is 4.23. The molecule has 1 amide bonds. The summed E-state index contributed by atoms with van der Waals surface area (Å²) in [5.74, 6) is -0.250. The molecule has 1 atom stereocenters. The van der Waals surface area contributed by atoms with E-state index in [1.807, 2.05) is 24.8 Å². The van der Waals surface area contributed by atoms with E-state index in [0.717, 1.165) is 42.9 Å². The number of aryl methyl sites for hydroxylation is 1. The van der Waals surface area contributed by atoms with Crippen molar-refractivity contribution in [2.75, 3.05) is 13.1 Å². The van der Waals surface area contributed by atoms with E-state index in [1.54, 1.807) is 0 Å². The van der Waals surface area contributed by atoms with Gasteiger partial charge >= 0.3 is 0 Å². The van der Waals surface area contributed by atoms with Crippen molar-refractivity contribution in [2.24, 2.45) is 5.73 Å². The zero-order valence-corrected chi connectivity index (χ0v) is 12.5. The Hall–Kier alpha value is -1.62. The van der Waals surface area contributed by atoms with Crippen LogP contribution < -0.4 is 5.73 Å². The molecule has 0 radical (unpaired) electrons. The van der Waals surface area contributed by atoms with Crippen LogP contribution in [0.15, 0.2) is 6.07 Å². The fourth-order valence-electron chi connectivity index (χ4n) is 3.18. The van der Waals surface area contributed by atoms with E-state index in [2.05, 4.69) is 11.5 Å². The van der Waals surface area contributed by atoms with Gasteiger partial charge in [0.2, 0.25) is 5.91 Å². The molecule has 0 spiro atoms. The summed E-state index contributed by atoms with van der Waals surface area (Å²) >= 11 is 0. The highest BCUT2D eigenvalue weighted by molar-refractivity contribution is 5.99. The average Bonchev–Trinajstić information content (AvgIpc) is 2.94. The van der Waals surface area contributed by atoms with Crippen LogP contribution >= 0.6 is 0 Å². The molecule has 1 aromatic heterocycles. The Kier molecular flexibility index (Phi) is 4.28. The summed E-state index contributed by atoms with van der Waals surface area (Å²) in [6, 6.07) is 1.66. The van der Waals surface area contributed by atoms with Gasteiger partial charge < -0.3 is 10.3 Å². The second-order valence-corrected chi connectivity index (χ2v) is 5.48. The first kappa shape index (κ1) is 14.8. The van der Waals surface area contributed by atoms with Crippen LogP contribution in [0.5, 0.6) is 0 Å². The average molecular weight is 277 g/mol. The van der Waals surface area contributed by atoms with Gasteiger partial charge in [0.15, 0.2) is 5.78 Å². The van der Waals surface area contributed by atoms with Gasteiger partial charge in [-0.05, 0) is 46.2 Å². The van der Waals surface area contributed by atoms with Crippen molar-refractivity contribution in [3.8, 4) is 0 Å². The second-order valence-electron chi connectivity index (χ2n) is 5.48. The number of aromatic nitrogens is 1. The van der Waals surface area contributed by atoms with E-state index >= 15 is 0 Å².